The third-order valence-electron chi connectivity index (χ3n) is 0.745. The number of hydrogen-bond donors (Lipinski definition) is 2. The second kappa shape index (κ2) is 4.31. The molecule has 0 rings (SSSR count). The molecule has 2 N–H and O–H groups in total. The van der Waals surface area contributed by atoms with E-state index in [-0.39, 0.29) is 12.0 Å². The molecule has 0 aromatic rings. The maximum atomic E-state index is 10.2. The normalized spacial score (nSPS) is 15.2. The van der Waals surface area contributed by atoms with Crippen molar-refractivity contribution in [2.24, 2.45) is 0 Å². The van der Waals surface area contributed by atoms with E-state index in [1.54, 1.807) is 6.92 Å². The molecule has 0 radical (unpaired) electrons. The third-order valence-corrected chi connectivity index (χ3v) is 1.66. The molecule has 62 valence electrons. The van der Waals surface area contributed by atoms with Gasteiger partial charge in [0.1, 0.15) is 6.35 Å². The number of hydrogen-bond acceptors (Lipinski definition) is 2. The summed E-state index contributed by atoms with van der Waals surface area (Å²) in [6.45, 7) is 1.64. The minimum atomic E-state index is -4.01. The summed E-state index contributed by atoms with van der Waals surface area (Å²) in [6, 6.07) is 0. The first-order valence-electron chi connectivity index (χ1n) is 2.68. The Labute approximate surface area is 64.3 Å². The topological polar surface area (TPSA) is 66.8 Å². The summed E-state index contributed by atoms with van der Waals surface area (Å²) in [7, 11) is -4.01. The van der Waals surface area contributed by atoms with Crippen molar-refractivity contribution in [3.05, 3.63) is 0 Å². The molecule has 0 aromatic heterocycles. The van der Waals surface area contributed by atoms with E-state index in [0.29, 0.717) is 0 Å². The number of ether oxygens (including phenoxy) is 1. The van der Waals surface area contributed by atoms with E-state index in [4.69, 9.17) is 21.4 Å². The van der Waals surface area contributed by atoms with Crippen molar-refractivity contribution in [3.63, 3.8) is 0 Å². The summed E-state index contributed by atoms with van der Waals surface area (Å²) in [4.78, 5) is 16.6. The van der Waals surface area contributed by atoms with Crippen LogP contribution in [0.15, 0.2) is 0 Å². The molecule has 10 heavy (non-hydrogen) atoms. The Morgan fingerprint density at radius 2 is 2.20 bits per heavy atom. The van der Waals surface area contributed by atoms with Crippen LogP contribution < -0.4 is 0 Å². The molecule has 0 aliphatic rings. The molecule has 4 nitrogen and oxygen atoms in total. The number of rotatable bonds is 4. The molecule has 0 saturated carbocycles. The molecule has 0 aliphatic carbocycles. The van der Waals surface area contributed by atoms with Crippen LogP contribution in [0.4, 0.5) is 0 Å². The predicted molar refractivity (Wildman–Crippen MR) is 38.2 cm³/mol. The van der Waals surface area contributed by atoms with E-state index in [9.17, 15) is 4.57 Å². The van der Waals surface area contributed by atoms with Gasteiger partial charge >= 0.3 is 7.60 Å². The van der Waals surface area contributed by atoms with E-state index in [2.05, 4.69) is 4.74 Å². The van der Waals surface area contributed by atoms with E-state index >= 15 is 0 Å². The smallest absolute Gasteiger partial charge is 0.350 e. The molecule has 0 unspecified atom stereocenters. The van der Waals surface area contributed by atoms with E-state index < -0.39 is 13.9 Å². The monoisotopic (exact) mass is 188 g/mol. The van der Waals surface area contributed by atoms with Gasteiger partial charge in [0.25, 0.3) is 0 Å². The van der Waals surface area contributed by atoms with Gasteiger partial charge in [0.05, 0.1) is 6.10 Å². The van der Waals surface area contributed by atoms with Crippen molar-refractivity contribution in [3.8, 4) is 0 Å². The van der Waals surface area contributed by atoms with E-state index in [1.807, 2.05) is 0 Å². The van der Waals surface area contributed by atoms with Gasteiger partial charge in [-0.05, 0) is 6.92 Å². The summed E-state index contributed by atoms with van der Waals surface area (Å²) in [5.41, 5.74) is 0. The second-order valence-electron chi connectivity index (χ2n) is 1.93. The Kier molecular flexibility index (Phi) is 4.49. The Bertz CT molecular complexity index is 133. The van der Waals surface area contributed by atoms with Crippen LogP contribution in [0, 0.1) is 0 Å². The number of alkyl halides is 1. The summed E-state index contributed by atoms with van der Waals surface area (Å²) in [5.74, 6) is 0.236. The fourth-order valence-corrected chi connectivity index (χ4v) is 0.807. The molecule has 0 aromatic carbocycles. The predicted octanol–water partition coefficient (Wildman–Crippen LogP) is 0.765. The highest BCUT2D eigenvalue weighted by Crippen LogP contribution is 2.34. The van der Waals surface area contributed by atoms with Crippen LogP contribution in [0.25, 0.3) is 0 Å². The zero-order chi connectivity index (χ0) is 8.20. The summed E-state index contributed by atoms with van der Waals surface area (Å²) in [5, 5.41) is 0. The van der Waals surface area contributed by atoms with Crippen LogP contribution in [0.2, 0.25) is 0 Å². The standard InChI is InChI=1S/C4H10ClO4P/c1-4(2-5)9-3-10(6,7)8/h4H,2-3H2,1H3,(H2,6,7,8)/t4-/m1/s1. The van der Waals surface area contributed by atoms with Crippen molar-refractivity contribution in [1.29, 1.82) is 0 Å². The molecular formula is C4H10ClO4P. The lowest BCUT2D eigenvalue weighted by atomic mass is 10.5. The van der Waals surface area contributed by atoms with E-state index in [1.165, 1.54) is 0 Å². The highest BCUT2D eigenvalue weighted by atomic mass is 35.5. The lowest BCUT2D eigenvalue weighted by Gasteiger charge is -2.09. The van der Waals surface area contributed by atoms with Crippen LogP contribution in [-0.2, 0) is 9.30 Å². The largest absolute Gasteiger partial charge is 0.365 e. The average Bonchev–Trinajstić information content (AvgIpc) is 1.81. The molecule has 0 heterocycles. The zero-order valence-electron chi connectivity index (χ0n) is 5.53. The third kappa shape index (κ3) is 6.52. The molecule has 0 saturated heterocycles. The van der Waals surface area contributed by atoms with Crippen LogP contribution >= 0.6 is 19.2 Å². The van der Waals surface area contributed by atoms with Gasteiger partial charge in [-0.1, -0.05) is 0 Å². The molecule has 0 amide bonds. The van der Waals surface area contributed by atoms with E-state index in [0.717, 1.165) is 0 Å². The first kappa shape index (κ1) is 10.4. The maximum absolute atomic E-state index is 10.2. The van der Waals surface area contributed by atoms with Gasteiger partial charge < -0.3 is 14.5 Å². The van der Waals surface area contributed by atoms with Crippen molar-refractivity contribution >= 4 is 19.2 Å². The fourth-order valence-electron chi connectivity index (χ4n) is 0.269. The minimum absolute atomic E-state index is 0.236. The van der Waals surface area contributed by atoms with Gasteiger partial charge in [-0.2, -0.15) is 0 Å². The SMILES string of the molecule is C[C@H](CCl)OCP(=O)(O)O. The highest BCUT2D eigenvalue weighted by molar-refractivity contribution is 7.51. The Balaban J connectivity index is 3.46. The lowest BCUT2D eigenvalue weighted by molar-refractivity contribution is 0.104. The Hall–Kier alpha value is 0.400. The van der Waals surface area contributed by atoms with Gasteiger partial charge in [0.15, 0.2) is 0 Å². The van der Waals surface area contributed by atoms with Crippen LogP contribution in [-0.4, -0.2) is 28.1 Å². The molecule has 1 atom stereocenters. The van der Waals surface area contributed by atoms with Crippen LogP contribution in [0.3, 0.4) is 0 Å². The minimum Gasteiger partial charge on any atom is -0.365 e. The van der Waals surface area contributed by atoms with Crippen LogP contribution in [0.5, 0.6) is 0 Å². The molecule has 0 aliphatic heterocycles. The quantitative estimate of drug-likeness (QED) is 0.505. The van der Waals surface area contributed by atoms with Crippen molar-refractivity contribution < 1.29 is 19.1 Å². The lowest BCUT2D eigenvalue weighted by Crippen LogP contribution is -2.10. The van der Waals surface area contributed by atoms with Gasteiger partial charge in [0.2, 0.25) is 0 Å². The zero-order valence-corrected chi connectivity index (χ0v) is 7.18. The van der Waals surface area contributed by atoms with Gasteiger partial charge in [-0.15, -0.1) is 11.6 Å². The molecule has 0 bridgehead atoms. The summed E-state index contributed by atoms with van der Waals surface area (Å²) >= 11 is 5.30. The average molecular weight is 189 g/mol. The van der Waals surface area contributed by atoms with Gasteiger partial charge in [-0.25, -0.2) is 0 Å². The first-order chi connectivity index (χ1) is 4.45. The number of halogens is 1. The Morgan fingerprint density at radius 3 is 2.50 bits per heavy atom. The highest BCUT2D eigenvalue weighted by Gasteiger charge is 2.14. The second-order valence-corrected chi connectivity index (χ2v) is 3.82. The van der Waals surface area contributed by atoms with Crippen LogP contribution in [0.1, 0.15) is 6.92 Å². The summed E-state index contributed by atoms with van der Waals surface area (Å²) in [6.07, 6.45) is -0.866. The maximum Gasteiger partial charge on any atom is 0.350 e. The van der Waals surface area contributed by atoms with Crippen molar-refractivity contribution in [1.82, 2.24) is 0 Å². The molecule has 0 spiro atoms. The first-order valence-corrected chi connectivity index (χ1v) is 5.01. The molecule has 0 fully saturated rings. The van der Waals surface area contributed by atoms with Gasteiger partial charge in [-0.3, -0.25) is 4.57 Å². The van der Waals surface area contributed by atoms with Crippen molar-refractivity contribution in [2.75, 3.05) is 12.2 Å². The summed E-state index contributed by atoms with van der Waals surface area (Å²) < 4.78 is 14.8. The van der Waals surface area contributed by atoms with Crippen molar-refractivity contribution in [2.45, 2.75) is 13.0 Å². The Morgan fingerprint density at radius 1 is 1.70 bits per heavy atom. The fraction of sp³-hybridized carbons (Fsp3) is 1.00. The van der Waals surface area contributed by atoms with Gasteiger partial charge in [0, 0.05) is 5.88 Å². The molecular weight excluding hydrogens is 178 g/mol. The molecule has 6 heteroatoms.